The third kappa shape index (κ3) is 26.5. The Labute approximate surface area is 227 Å². The average Bonchev–Trinajstić information content (AvgIpc) is 2.87. The molecule has 0 saturated heterocycles. The number of rotatable bonds is 29. The summed E-state index contributed by atoms with van der Waals surface area (Å²) in [5, 5.41) is 13.2. The van der Waals surface area contributed by atoms with Gasteiger partial charge in [0.1, 0.15) is 6.10 Å². The van der Waals surface area contributed by atoms with Crippen LogP contribution in [0.1, 0.15) is 194 Å². The quantitative estimate of drug-likeness (QED) is 0.0985. The smallest absolute Gasteiger partial charge is 0.249 e. The third-order valence-electron chi connectivity index (χ3n) is 7.76. The van der Waals surface area contributed by atoms with Crippen molar-refractivity contribution in [3.05, 3.63) is 0 Å². The van der Waals surface area contributed by atoms with Crippen LogP contribution in [0.2, 0.25) is 0 Å². The van der Waals surface area contributed by atoms with Crippen molar-refractivity contribution >= 4 is 5.91 Å². The van der Waals surface area contributed by atoms with E-state index in [9.17, 15) is 9.90 Å². The highest BCUT2D eigenvalue weighted by Gasteiger charge is 2.16. The molecule has 0 aliphatic rings. The fourth-order valence-electron chi connectivity index (χ4n) is 5.19. The van der Waals surface area contributed by atoms with Crippen molar-refractivity contribution in [1.29, 1.82) is 0 Å². The molecule has 0 aromatic heterocycles. The standard InChI is InChI=1S/C33H67NO2/c1-4-6-8-10-12-14-16-17-18-20-21-23-25-27-29-31(3)34-33(36)32(35)30-28-26-24-22-19-15-13-11-9-7-5-2/h31-32,35H,4-30H2,1-3H3,(H,34,36). The van der Waals surface area contributed by atoms with Crippen LogP contribution >= 0.6 is 0 Å². The first-order valence-corrected chi connectivity index (χ1v) is 16.6. The summed E-state index contributed by atoms with van der Waals surface area (Å²) in [5.74, 6) is -0.167. The van der Waals surface area contributed by atoms with Gasteiger partial charge in [-0.15, -0.1) is 0 Å². The van der Waals surface area contributed by atoms with Gasteiger partial charge in [0.25, 0.3) is 0 Å². The zero-order valence-electron chi connectivity index (χ0n) is 25.1. The monoisotopic (exact) mass is 510 g/mol. The van der Waals surface area contributed by atoms with Crippen LogP contribution in [0.3, 0.4) is 0 Å². The summed E-state index contributed by atoms with van der Waals surface area (Å²) in [6, 6.07) is 0.168. The van der Waals surface area contributed by atoms with E-state index in [2.05, 4.69) is 26.1 Å². The van der Waals surface area contributed by atoms with E-state index in [-0.39, 0.29) is 11.9 Å². The Kier molecular flexibility index (Phi) is 28.5. The molecule has 0 bridgehead atoms. The lowest BCUT2D eigenvalue weighted by atomic mass is 10.0. The van der Waals surface area contributed by atoms with Gasteiger partial charge in [0, 0.05) is 6.04 Å². The van der Waals surface area contributed by atoms with Crippen LogP contribution in [0.25, 0.3) is 0 Å². The summed E-state index contributed by atoms with van der Waals surface area (Å²) < 4.78 is 0. The minimum atomic E-state index is -0.831. The Bertz CT molecular complexity index is 439. The van der Waals surface area contributed by atoms with Crippen molar-refractivity contribution in [2.75, 3.05) is 0 Å². The molecule has 2 N–H and O–H groups in total. The summed E-state index contributed by atoms with van der Waals surface area (Å²) in [7, 11) is 0. The molecule has 1 amide bonds. The van der Waals surface area contributed by atoms with E-state index in [1.54, 1.807) is 0 Å². The highest BCUT2D eigenvalue weighted by Crippen LogP contribution is 2.15. The molecule has 0 saturated carbocycles. The predicted molar refractivity (Wildman–Crippen MR) is 160 cm³/mol. The predicted octanol–water partition coefficient (Wildman–Crippen LogP) is 10.4. The van der Waals surface area contributed by atoms with Crippen molar-refractivity contribution in [2.24, 2.45) is 0 Å². The fraction of sp³-hybridized carbons (Fsp3) is 0.970. The van der Waals surface area contributed by atoms with Crippen molar-refractivity contribution in [2.45, 2.75) is 206 Å². The molecule has 36 heavy (non-hydrogen) atoms. The largest absolute Gasteiger partial charge is 0.383 e. The molecule has 0 rings (SSSR count). The van der Waals surface area contributed by atoms with Gasteiger partial charge in [-0.05, 0) is 19.8 Å². The Morgan fingerprint density at radius 3 is 1.11 bits per heavy atom. The number of hydrogen-bond acceptors (Lipinski definition) is 2. The normalized spacial score (nSPS) is 13.1. The third-order valence-corrected chi connectivity index (χ3v) is 7.76. The maximum absolute atomic E-state index is 12.3. The van der Waals surface area contributed by atoms with Gasteiger partial charge in [0.15, 0.2) is 0 Å². The molecule has 0 heterocycles. The second-order valence-electron chi connectivity index (χ2n) is 11.6. The molecule has 0 radical (unpaired) electrons. The molecule has 2 unspecified atom stereocenters. The van der Waals surface area contributed by atoms with Crippen molar-refractivity contribution in [3.63, 3.8) is 0 Å². The van der Waals surface area contributed by atoms with Crippen LogP contribution in [0.4, 0.5) is 0 Å². The number of amides is 1. The van der Waals surface area contributed by atoms with E-state index in [4.69, 9.17) is 0 Å². The zero-order chi connectivity index (χ0) is 26.5. The van der Waals surface area contributed by atoms with Gasteiger partial charge in [0.05, 0.1) is 0 Å². The number of nitrogens with one attached hydrogen (secondary N) is 1. The van der Waals surface area contributed by atoms with E-state index < -0.39 is 6.10 Å². The van der Waals surface area contributed by atoms with Gasteiger partial charge < -0.3 is 10.4 Å². The Morgan fingerprint density at radius 1 is 0.500 bits per heavy atom. The molecular weight excluding hydrogens is 442 g/mol. The number of carbonyl (C=O) groups is 1. The lowest BCUT2D eigenvalue weighted by molar-refractivity contribution is -0.130. The first kappa shape index (κ1) is 35.4. The van der Waals surface area contributed by atoms with E-state index in [1.165, 1.54) is 148 Å². The van der Waals surface area contributed by atoms with Crippen LogP contribution < -0.4 is 5.32 Å². The maximum atomic E-state index is 12.3. The summed E-state index contributed by atoms with van der Waals surface area (Å²) in [6.07, 6.45) is 34.2. The number of aliphatic hydroxyl groups excluding tert-OH is 1. The Hall–Kier alpha value is -0.570. The molecule has 3 nitrogen and oxygen atoms in total. The summed E-state index contributed by atoms with van der Waals surface area (Å²) in [6.45, 7) is 6.63. The van der Waals surface area contributed by atoms with E-state index in [0.717, 1.165) is 19.3 Å². The Morgan fingerprint density at radius 2 is 0.778 bits per heavy atom. The van der Waals surface area contributed by atoms with Crippen LogP contribution in [0, 0.1) is 0 Å². The zero-order valence-corrected chi connectivity index (χ0v) is 25.1. The average molecular weight is 510 g/mol. The highest BCUT2D eigenvalue weighted by atomic mass is 16.3. The lowest BCUT2D eigenvalue weighted by Gasteiger charge is -2.17. The van der Waals surface area contributed by atoms with Crippen LogP contribution in [0.5, 0.6) is 0 Å². The second kappa shape index (κ2) is 29.0. The van der Waals surface area contributed by atoms with Gasteiger partial charge >= 0.3 is 0 Å². The minimum Gasteiger partial charge on any atom is -0.383 e. The number of aliphatic hydroxyl groups is 1. The summed E-state index contributed by atoms with van der Waals surface area (Å²) >= 11 is 0. The minimum absolute atomic E-state index is 0.167. The number of hydrogen-bond donors (Lipinski definition) is 2. The molecule has 0 aromatic rings. The highest BCUT2D eigenvalue weighted by molar-refractivity contribution is 5.80. The van der Waals surface area contributed by atoms with Crippen LogP contribution in [0.15, 0.2) is 0 Å². The second-order valence-corrected chi connectivity index (χ2v) is 11.6. The van der Waals surface area contributed by atoms with Crippen LogP contribution in [-0.2, 0) is 4.79 Å². The molecule has 0 spiro atoms. The van der Waals surface area contributed by atoms with Crippen molar-refractivity contribution < 1.29 is 9.90 Å². The van der Waals surface area contributed by atoms with Gasteiger partial charge in [-0.25, -0.2) is 0 Å². The first-order valence-electron chi connectivity index (χ1n) is 16.6. The summed E-state index contributed by atoms with van der Waals surface area (Å²) in [5.41, 5.74) is 0. The molecular formula is C33H67NO2. The number of unbranched alkanes of at least 4 members (excludes halogenated alkanes) is 23. The van der Waals surface area contributed by atoms with Gasteiger partial charge in [-0.3, -0.25) is 4.79 Å². The molecule has 0 aromatic carbocycles. The first-order chi connectivity index (χ1) is 17.6. The van der Waals surface area contributed by atoms with Gasteiger partial charge in [-0.1, -0.05) is 174 Å². The molecule has 0 fully saturated rings. The fourth-order valence-corrected chi connectivity index (χ4v) is 5.19. The van der Waals surface area contributed by atoms with E-state index >= 15 is 0 Å². The molecule has 2 atom stereocenters. The molecule has 0 aliphatic heterocycles. The molecule has 3 heteroatoms. The summed E-state index contributed by atoms with van der Waals surface area (Å²) in [4.78, 5) is 12.3. The SMILES string of the molecule is CCCCCCCCCCCCCCCCC(C)NC(=O)C(O)CCCCCCCCCCCCC. The molecule has 0 aliphatic carbocycles. The van der Waals surface area contributed by atoms with E-state index in [0.29, 0.717) is 6.42 Å². The van der Waals surface area contributed by atoms with Crippen molar-refractivity contribution in [3.8, 4) is 0 Å². The van der Waals surface area contributed by atoms with E-state index in [1.807, 2.05) is 0 Å². The van der Waals surface area contributed by atoms with Crippen LogP contribution in [-0.4, -0.2) is 23.2 Å². The maximum Gasteiger partial charge on any atom is 0.249 e. The van der Waals surface area contributed by atoms with Crippen molar-refractivity contribution in [1.82, 2.24) is 5.32 Å². The number of carbonyl (C=O) groups excluding carboxylic acids is 1. The Balaban J connectivity index is 3.42. The molecule has 216 valence electrons. The van der Waals surface area contributed by atoms with Gasteiger partial charge in [-0.2, -0.15) is 0 Å². The van der Waals surface area contributed by atoms with Gasteiger partial charge in [0.2, 0.25) is 5.91 Å². The lowest BCUT2D eigenvalue weighted by Crippen LogP contribution is -2.40. The topological polar surface area (TPSA) is 49.3 Å².